The largest absolute Gasteiger partial charge is 0.354 e. The standard InChI is InChI=1S/C20H23F4N5O3S/c1-2-20(23,24)16-12-15(17(28-27-16)29-9-4-7-19(21,22)8-10-29)18(30)26-13-5-3-6-14(11-13)33(25,31)32/h3,5-6,11-12H,2,4,7-10H2,1H3,(H,26,30)(H2,25,31,32). The Kier molecular flexibility index (Phi) is 6.93. The van der Waals surface area contributed by atoms with Gasteiger partial charge in [0.05, 0.1) is 10.5 Å². The number of amides is 1. The van der Waals surface area contributed by atoms with E-state index in [0.29, 0.717) is 0 Å². The van der Waals surface area contributed by atoms with Crippen LogP contribution in [-0.2, 0) is 15.9 Å². The molecule has 3 rings (SSSR count). The second-order valence-corrected chi connectivity index (χ2v) is 9.31. The molecule has 8 nitrogen and oxygen atoms in total. The number of nitrogens with two attached hydrogens (primary N) is 1. The van der Waals surface area contributed by atoms with Crippen LogP contribution in [0.4, 0.5) is 29.1 Å². The number of anilines is 2. The van der Waals surface area contributed by atoms with Gasteiger partial charge in [0, 0.05) is 38.0 Å². The molecule has 1 aliphatic heterocycles. The molecule has 0 spiro atoms. The van der Waals surface area contributed by atoms with Crippen LogP contribution in [0.25, 0.3) is 0 Å². The fraction of sp³-hybridized carbons (Fsp3) is 0.450. The molecule has 1 amide bonds. The van der Waals surface area contributed by atoms with Crippen LogP contribution >= 0.6 is 0 Å². The summed E-state index contributed by atoms with van der Waals surface area (Å²) < 4.78 is 79.2. The molecular formula is C20H23F4N5O3S. The molecule has 1 saturated heterocycles. The van der Waals surface area contributed by atoms with Crippen LogP contribution in [0.15, 0.2) is 35.2 Å². The van der Waals surface area contributed by atoms with Gasteiger partial charge >= 0.3 is 0 Å². The molecule has 180 valence electrons. The van der Waals surface area contributed by atoms with E-state index in [2.05, 4.69) is 15.5 Å². The predicted octanol–water partition coefficient (Wildman–Crippen LogP) is 3.50. The topological polar surface area (TPSA) is 118 Å². The Morgan fingerprint density at radius 3 is 2.61 bits per heavy atom. The van der Waals surface area contributed by atoms with Gasteiger partial charge in [-0.25, -0.2) is 22.3 Å². The van der Waals surface area contributed by atoms with Crippen LogP contribution < -0.4 is 15.4 Å². The Labute approximate surface area is 188 Å². The van der Waals surface area contributed by atoms with Gasteiger partial charge in [-0.3, -0.25) is 4.79 Å². The molecule has 0 bridgehead atoms. The van der Waals surface area contributed by atoms with Crippen LogP contribution in [0.3, 0.4) is 0 Å². The molecule has 0 unspecified atom stereocenters. The van der Waals surface area contributed by atoms with E-state index >= 15 is 0 Å². The Morgan fingerprint density at radius 2 is 1.94 bits per heavy atom. The highest BCUT2D eigenvalue weighted by Gasteiger charge is 2.36. The number of halogens is 4. The van der Waals surface area contributed by atoms with E-state index in [0.717, 1.165) is 12.1 Å². The summed E-state index contributed by atoms with van der Waals surface area (Å²) in [7, 11) is -4.05. The Hall–Kier alpha value is -2.80. The molecule has 2 aromatic rings. The lowest BCUT2D eigenvalue weighted by Gasteiger charge is -2.24. The van der Waals surface area contributed by atoms with Crippen molar-refractivity contribution in [2.24, 2.45) is 5.14 Å². The number of nitrogens with one attached hydrogen (secondary N) is 1. The van der Waals surface area contributed by atoms with E-state index in [1.165, 1.54) is 30.0 Å². The number of hydrogen-bond donors (Lipinski definition) is 2. The van der Waals surface area contributed by atoms with Crippen LogP contribution in [0.1, 0.15) is 48.7 Å². The van der Waals surface area contributed by atoms with Crippen molar-refractivity contribution in [3.05, 3.63) is 41.6 Å². The molecule has 3 N–H and O–H groups in total. The van der Waals surface area contributed by atoms with Crippen molar-refractivity contribution < 1.29 is 30.8 Å². The lowest BCUT2D eigenvalue weighted by atomic mass is 10.1. The lowest BCUT2D eigenvalue weighted by molar-refractivity contribution is -0.0137. The minimum atomic E-state index is -4.05. The van der Waals surface area contributed by atoms with Gasteiger partial charge in [0.1, 0.15) is 5.69 Å². The molecule has 1 aromatic carbocycles. The van der Waals surface area contributed by atoms with E-state index in [1.807, 2.05) is 0 Å². The molecule has 0 atom stereocenters. The van der Waals surface area contributed by atoms with Crippen LogP contribution in [0.5, 0.6) is 0 Å². The van der Waals surface area contributed by atoms with Crippen molar-refractivity contribution in [2.75, 3.05) is 23.3 Å². The summed E-state index contributed by atoms with van der Waals surface area (Å²) in [4.78, 5) is 14.2. The third-order valence-electron chi connectivity index (χ3n) is 5.28. The Balaban J connectivity index is 2.00. The van der Waals surface area contributed by atoms with Gasteiger partial charge < -0.3 is 10.2 Å². The number of alkyl halides is 4. The highest BCUT2D eigenvalue weighted by atomic mass is 32.2. The summed E-state index contributed by atoms with van der Waals surface area (Å²) in [5, 5.41) is 14.9. The molecule has 0 saturated carbocycles. The molecular weight excluding hydrogens is 466 g/mol. The van der Waals surface area contributed by atoms with Crippen molar-refractivity contribution in [1.29, 1.82) is 0 Å². The number of rotatable bonds is 6. The van der Waals surface area contributed by atoms with Crippen LogP contribution in [-0.4, -0.2) is 43.5 Å². The van der Waals surface area contributed by atoms with Crippen molar-refractivity contribution in [3.8, 4) is 0 Å². The number of primary sulfonamides is 1. The first-order chi connectivity index (χ1) is 15.3. The Bertz CT molecular complexity index is 1140. The first kappa shape index (κ1) is 24.8. The molecule has 0 radical (unpaired) electrons. The van der Waals surface area contributed by atoms with Crippen LogP contribution in [0.2, 0.25) is 0 Å². The maximum absolute atomic E-state index is 14.3. The molecule has 0 aliphatic carbocycles. The average molecular weight is 489 g/mol. The van der Waals surface area contributed by atoms with Gasteiger partial charge in [0.2, 0.25) is 15.9 Å². The third-order valence-corrected chi connectivity index (χ3v) is 6.19. The third kappa shape index (κ3) is 5.96. The molecule has 1 aromatic heterocycles. The lowest BCUT2D eigenvalue weighted by Crippen LogP contribution is -2.30. The average Bonchev–Trinajstić information content (AvgIpc) is 2.93. The zero-order valence-electron chi connectivity index (χ0n) is 17.7. The predicted molar refractivity (Wildman–Crippen MR) is 113 cm³/mol. The van der Waals surface area contributed by atoms with E-state index in [1.54, 1.807) is 0 Å². The van der Waals surface area contributed by atoms with Crippen molar-refractivity contribution in [1.82, 2.24) is 10.2 Å². The molecule has 1 aliphatic rings. The van der Waals surface area contributed by atoms with Gasteiger partial charge in [0.25, 0.3) is 11.8 Å². The second kappa shape index (κ2) is 9.21. The van der Waals surface area contributed by atoms with Gasteiger partial charge in [-0.2, -0.15) is 8.78 Å². The highest BCUT2D eigenvalue weighted by molar-refractivity contribution is 7.89. The summed E-state index contributed by atoms with van der Waals surface area (Å²) in [6.07, 6.45) is -1.31. The number of hydrogen-bond acceptors (Lipinski definition) is 6. The fourth-order valence-corrected chi connectivity index (χ4v) is 3.93. The van der Waals surface area contributed by atoms with Gasteiger partial charge in [-0.05, 0) is 30.7 Å². The monoisotopic (exact) mass is 489 g/mol. The molecule has 2 heterocycles. The maximum Gasteiger partial charge on any atom is 0.291 e. The summed E-state index contributed by atoms with van der Waals surface area (Å²) in [5.41, 5.74) is -0.989. The number of sulfonamides is 1. The number of carbonyl (C=O) groups is 1. The fourth-order valence-electron chi connectivity index (χ4n) is 3.37. The van der Waals surface area contributed by atoms with E-state index in [-0.39, 0.29) is 47.9 Å². The Morgan fingerprint density at radius 1 is 1.21 bits per heavy atom. The summed E-state index contributed by atoms with van der Waals surface area (Å²) >= 11 is 0. The number of nitrogens with zero attached hydrogens (tertiary/aromatic N) is 3. The maximum atomic E-state index is 14.3. The van der Waals surface area contributed by atoms with Crippen molar-refractivity contribution in [3.63, 3.8) is 0 Å². The minimum absolute atomic E-state index is 0.0421. The van der Waals surface area contributed by atoms with Crippen molar-refractivity contribution in [2.45, 2.75) is 49.3 Å². The van der Waals surface area contributed by atoms with Gasteiger partial charge in [-0.15, -0.1) is 10.2 Å². The normalized spacial score (nSPS) is 16.8. The van der Waals surface area contributed by atoms with Crippen molar-refractivity contribution >= 4 is 27.4 Å². The summed E-state index contributed by atoms with van der Waals surface area (Å²) in [6, 6.07) is 5.94. The SMILES string of the molecule is CCC(F)(F)c1cc(C(=O)Nc2cccc(S(N)(=O)=O)c2)c(N2CCCC(F)(F)CC2)nn1. The number of carbonyl (C=O) groups excluding carboxylic acids is 1. The first-order valence-electron chi connectivity index (χ1n) is 10.2. The van der Waals surface area contributed by atoms with Gasteiger partial charge in [0.15, 0.2) is 5.82 Å². The highest BCUT2D eigenvalue weighted by Crippen LogP contribution is 2.34. The smallest absolute Gasteiger partial charge is 0.291 e. The van der Waals surface area contributed by atoms with E-state index in [4.69, 9.17) is 5.14 Å². The minimum Gasteiger partial charge on any atom is -0.354 e. The van der Waals surface area contributed by atoms with E-state index in [9.17, 15) is 30.8 Å². The zero-order valence-corrected chi connectivity index (χ0v) is 18.5. The zero-order chi connectivity index (χ0) is 24.4. The molecule has 13 heteroatoms. The van der Waals surface area contributed by atoms with Gasteiger partial charge in [-0.1, -0.05) is 13.0 Å². The molecule has 33 heavy (non-hydrogen) atoms. The summed E-state index contributed by atoms with van der Waals surface area (Å²) in [6.45, 7) is 1.23. The second-order valence-electron chi connectivity index (χ2n) is 7.75. The molecule has 1 fully saturated rings. The number of aromatic nitrogens is 2. The van der Waals surface area contributed by atoms with E-state index < -0.39 is 46.3 Å². The quantitative estimate of drug-likeness (QED) is 0.600. The first-order valence-corrected chi connectivity index (χ1v) is 11.7. The van der Waals surface area contributed by atoms with Crippen LogP contribution in [0, 0.1) is 0 Å². The summed E-state index contributed by atoms with van der Waals surface area (Å²) in [5.74, 6) is -7.23. The number of benzene rings is 1.